The van der Waals surface area contributed by atoms with E-state index in [1.807, 2.05) is 0 Å². The molecule has 3 heteroatoms. The van der Waals surface area contributed by atoms with Crippen molar-refractivity contribution in [3.05, 3.63) is 0 Å². The van der Waals surface area contributed by atoms with Crippen molar-refractivity contribution in [2.24, 2.45) is 5.41 Å². The van der Waals surface area contributed by atoms with Gasteiger partial charge in [-0.2, -0.15) is 0 Å². The van der Waals surface area contributed by atoms with E-state index in [0.29, 0.717) is 5.41 Å². The van der Waals surface area contributed by atoms with Gasteiger partial charge in [0.25, 0.3) is 0 Å². The summed E-state index contributed by atoms with van der Waals surface area (Å²) in [5.41, 5.74) is 0.574. The zero-order valence-corrected chi connectivity index (χ0v) is 8.42. The first kappa shape index (κ1) is 8.83. The maximum absolute atomic E-state index is 11.0. The van der Waals surface area contributed by atoms with E-state index in [9.17, 15) is 4.79 Å². The molecular formula is C9H12Cl2O. The van der Waals surface area contributed by atoms with Crippen molar-refractivity contribution >= 4 is 28.4 Å². The molecule has 0 saturated heterocycles. The van der Waals surface area contributed by atoms with E-state index < -0.39 is 4.87 Å². The zero-order chi connectivity index (χ0) is 8.82. The second-order valence-corrected chi connectivity index (χ2v) is 5.31. The van der Waals surface area contributed by atoms with Crippen LogP contribution in [0.4, 0.5) is 0 Å². The monoisotopic (exact) mass is 206 g/mol. The van der Waals surface area contributed by atoms with E-state index in [1.54, 1.807) is 0 Å². The Hall–Kier alpha value is 0.250. The van der Waals surface area contributed by atoms with Gasteiger partial charge in [-0.3, -0.25) is 4.79 Å². The lowest BCUT2D eigenvalue weighted by Crippen LogP contribution is -2.34. The Labute approximate surface area is 82.4 Å². The van der Waals surface area contributed by atoms with E-state index >= 15 is 0 Å². The van der Waals surface area contributed by atoms with Crippen molar-refractivity contribution in [1.82, 2.24) is 0 Å². The van der Waals surface area contributed by atoms with Crippen LogP contribution in [0, 0.1) is 5.41 Å². The summed E-state index contributed by atoms with van der Waals surface area (Å²) in [6, 6.07) is 0. The molecule has 12 heavy (non-hydrogen) atoms. The van der Waals surface area contributed by atoms with Crippen LogP contribution in [0.25, 0.3) is 0 Å². The number of halogens is 2. The molecule has 0 aromatic carbocycles. The summed E-state index contributed by atoms with van der Waals surface area (Å²) in [5.74, 6) is 0. The van der Waals surface area contributed by atoms with Crippen LogP contribution >= 0.6 is 23.2 Å². The molecule has 68 valence electrons. The number of hydrogen-bond acceptors (Lipinski definition) is 1. The van der Waals surface area contributed by atoms with Crippen molar-refractivity contribution in [2.45, 2.75) is 43.4 Å². The Morgan fingerprint density at radius 3 is 1.75 bits per heavy atom. The molecule has 0 amide bonds. The molecule has 0 N–H and O–H groups in total. The van der Waals surface area contributed by atoms with Gasteiger partial charge in [-0.15, -0.1) is 11.6 Å². The van der Waals surface area contributed by atoms with Crippen molar-refractivity contribution < 1.29 is 4.79 Å². The maximum atomic E-state index is 11.0. The molecule has 0 aromatic heterocycles. The number of rotatable bonds is 1. The summed E-state index contributed by atoms with van der Waals surface area (Å²) in [6.07, 6.45) is 6.39. The summed E-state index contributed by atoms with van der Waals surface area (Å²) < 4.78 is 0. The SMILES string of the molecule is O=C(Cl)C1(Cl)CCC2(CC2)CC1. The zero-order valence-electron chi connectivity index (χ0n) is 6.91. The third-order valence-corrected chi connectivity index (χ3v) is 4.42. The second-order valence-electron chi connectivity index (χ2n) is 4.24. The van der Waals surface area contributed by atoms with Crippen LogP contribution in [-0.4, -0.2) is 10.1 Å². The fraction of sp³-hybridized carbons (Fsp3) is 0.889. The first-order chi connectivity index (χ1) is 5.56. The smallest absolute Gasteiger partial charge is 0.242 e. The molecule has 2 saturated carbocycles. The van der Waals surface area contributed by atoms with Crippen LogP contribution in [0.2, 0.25) is 0 Å². The van der Waals surface area contributed by atoms with Crippen molar-refractivity contribution in [3.63, 3.8) is 0 Å². The van der Waals surface area contributed by atoms with E-state index in [2.05, 4.69) is 0 Å². The van der Waals surface area contributed by atoms with E-state index in [0.717, 1.165) is 25.7 Å². The average molecular weight is 207 g/mol. The topological polar surface area (TPSA) is 17.1 Å². The number of carbonyl (C=O) groups excluding carboxylic acids is 1. The van der Waals surface area contributed by atoms with Gasteiger partial charge in [0.05, 0.1) is 0 Å². The van der Waals surface area contributed by atoms with E-state index in [4.69, 9.17) is 23.2 Å². The molecule has 0 radical (unpaired) electrons. The largest absolute Gasteiger partial charge is 0.279 e. The maximum Gasteiger partial charge on any atom is 0.242 e. The van der Waals surface area contributed by atoms with Crippen molar-refractivity contribution in [1.29, 1.82) is 0 Å². The molecule has 2 rings (SSSR count). The summed E-state index contributed by atoms with van der Waals surface area (Å²) >= 11 is 11.5. The van der Waals surface area contributed by atoms with Crippen LogP contribution in [0.15, 0.2) is 0 Å². The Kier molecular flexibility index (Phi) is 1.93. The fourth-order valence-corrected chi connectivity index (χ4v) is 2.43. The van der Waals surface area contributed by atoms with Gasteiger partial charge >= 0.3 is 0 Å². The highest BCUT2D eigenvalue weighted by molar-refractivity contribution is 6.70. The molecule has 2 aliphatic rings. The van der Waals surface area contributed by atoms with Gasteiger partial charge in [-0.25, -0.2) is 0 Å². The summed E-state index contributed by atoms with van der Waals surface area (Å²) in [6.45, 7) is 0. The quantitative estimate of drug-likeness (QED) is 0.477. The van der Waals surface area contributed by atoms with Gasteiger partial charge in [-0.05, 0) is 55.5 Å². The van der Waals surface area contributed by atoms with Gasteiger partial charge in [0.2, 0.25) is 5.24 Å². The van der Waals surface area contributed by atoms with Crippen LogP contribution in [-0.2, 0) is 4.79 Å². The van der Waals surface area contributed by atoms with Gasteiger partial charge < -0.3 is 0 Å². The molecule has 2 aliphatic carbocycles. The summed E-state index contributed by atoms with van der Waals surface area (Å²) in [4.78, 5) is 10.3. The van der Waals surface area contributed by atoms with E-state index in [1.165, 1.54) is 12.8 Å². The first-order valence-corrected chi connectivity index (χ1v) is 5.21. The average Bonchev–Trinajstić information content (AvgIpc) is 2.77. The Bertz CT molecular complexity index is 211. The minimum absolute atomic E-state index is 0.361. The Morgan fingerprint density at radius 1 is 1.00 bits per heavy atom. The van der Waals surface area contributed by atoms with Gasteiger partial charge in [-0.1, -0.05) is 0 Å². The highest BCUT2D eigenvalue weighted by atomic mass is 35.5. The first-order valence-electron chi connectivity index (χ1n) is 4.45. The summed E-state index contributed by atoms with van der Waals surface area (Å²) in [7, 11) is 0. The van der Waals surface area contributed by atoms with Gasteiger partial charge in [0.1, 0.15) is 4.87 Å². The molecule has 0 aromatic rings. The third-order valence-electron chi connectivity index (χ3n) is 3.41. The van der Waals surface area contributed by atoms with Crippen LogP contribution in [0.1, 0.15) is 38.5 Å². The van der Waals surface area contributed by atoms with Crippen LogP contribution in [0.5, 0.6) is 0 Å². The van der Waals surface area contributed by atoms with Crippen LogP contribution in [0.3, 0.4) is 0 Å². The number of alkyl halides is 1. The number of carbonyl (C=O) groups is 1. The fourth-order valence-electron chi connectivity index (χ4n) is 2.05. The molecule has 0 aliphatic heterocycles. The van der Waals surface area contributed by atoms with Crippen molar-refractivity contribution in [2.75, 3.05) is 0 Å². The Morgan fingerprint density at radius 2 is 1.42 bits per heavy atom. The predicted octanol–water partition coefficient (Wildman–Crippen LogP) is 3.08. The van der Waals surface area contributed by atoms with Crippen molar-refractivity contribution in [3.8, 4) is 0 Å². The highest BCUT2D eigenvalue weighted by Gasteiger charge is 2.50. The number of hydrogen-bond donors (Lipinski definition) is 0. The van der Waals surface area contributed by atoms with E-state index in [-0.39, 0.29) is 5.24 Å². The predicted molar refractivity (Wildman–Crippen MR) is 49.6 cm³/mol. The molecule has 0 atom stereocenters. The lowest BCUT2D eigenvalue weighted by atomic mass is 9.80. The molecule has 0 bridgehead atoms. The van der Waals surface area contributed by atoms with Crippen LogP contribution < -0.4 is 0 Å². The highest BCUT2D eigenvalue weighted by Crippen LogP contribution is 2.59. The molecule has 1 nitrogen and oxygen atoms in total. The molecule has 1 spiro atoms. The minimum atomic E-state index is -0.727. The molecule has 0 unspecified atom stereocenters. The standard InChI is InChI=1S/C9H12Cl2O/c10-7(12)9(11)5-3-8(1-2-8)4-6-9/h1-6H2. The lowest BCUT2D eigenvalue weighted by Gasteiger charge is -2.32. The summed E-state index contributed by atoms with van der Waals surface area (Å²) in [5, 5.41) is -0.361. The molecular weight excluding hydrogens is 195 g/mol. The second kappa shape index (κ2) is 2.62. The lowest BCUT2D eigenvalue weighted by molar-refractivity contribution is -0.115. The normalized spacial score (nSPS) is 30.2. The van der Waals surface area contributed by atoms with Gasteiger partial charge in [0, 0.05) is 0 Å². The Balaban J connectivity index is 2.01. The molecule has 2 fully saturated rings. The third kappa shape index (κ3) is 1.38. The van der Waals surface area contributed by atoms with Gasteiger partial charge in [0.15, 0.2) is 0 Å². The molecule has 0 heterocycles. The minimum Gasteiger partial charge on any atom is -0.279 e.